The molecule has 1 heterocycles. The number of phenolic OH excluding ortho intramolecular Hbond substituents is 1. The molecule has 5 aliphatic rings. The minimum atomic E-state index is -1.95. The van der Waals surface area contributed by atoms with Gasteiger partial charge in [-0.25, -0.2) is 0 Å². The summed E-state index contributed by atoms with van der Waals surface area (Å²) < 4.78 is 0.435. The Hall–Kier alpha value is -4.77. The molecule has 5 aliphatic carbocycles. The molecule has 1 aromatic carbocycles. The van der Waals surface area contributed by atoms with Crippen LogP contribution in [0.3, 0.4) is 0 Å². The monoisotopic (exact) mass is 642 g/mol. The predicted octanol–water partition coefficient (Wildman–Crippen LogP) is 1.43. The van der Waals surface area contributed by atoms with Gasteiger partial charge in [0.25, 0.3) is 5.56 Å². The zero-order valence-electron chi connectivity index (χ0n) is 22.6. The SMILES string of the molecule is C/C=C/C=C/c1cc2c(Br)c3c(c(O)c2c(=O)[nH]1)[C@@]1(CC3)C(O)=c2c(=O)c3c(=O)cc(NC4CC4)c(=O)c=3c(=O)c2=C1O. The van der Waals surface area contributed by atoms with Gasteiger partial charge in [0.15, 0.2) is 5.43 Å². The molecule has 11 heteroatoms. The molecule has 7 rings (SSSR count). The van der Waals surface area contributed by atoms with Crippen LogP contribution in [0.1, 0.15) is 43.0 Å². The number of anilines is 1. The number of aromatic hydroxyl groups is 1. The van der Waals surface area contributed by atoms with Crippen LogP contribution in [0.2, 0.25) is 0 Å². The minimum absolute atomic E-state index is 0.0175. The van der Waals surface area contributed by atoms with E-state index in [1.165, 1.54) is 0 Å². The van der Waals surface area contributed by atoms with Gasteiger partial charge in [0.1, 0.15) is 22.7 Å². The molecule has 0 radical (unpaired) electrons. The number of aliphatic hydroxyl groups is 2. The van der Waals surface area contributed by atoms with Gasteiger partial charge in [-0.1, -0.05) is 18.2 Å². The van der Waals surface area contributed by atoms with Crippen molar-refractivity contribution in [2.24, 2.45) is 0 Å². The Balaban J connectivity index is 1.58. The first-order chi connectivity index (χ1) is 20.5. The fraction of sp³-hybridized carbons (Fsp3) is 0.219. The number of fused-ring (bicyclic) bond motifs is 4. The molecule has 43 heavy (non-hydrogen) atoms. The summed E-state index contributed by atoms with van der Waals surface area (Å²) >= 11 is 3.54. The Kier molecular flexibility index (Phi) is 5.74. The Morgan fingerprint density at radius 3 is 2.26 bits per heavy atom. The van der Waals surface area contributed by atoms with Crippen LogP contribution in [0.15, 0.2) is 58.8 Å². The van der Waals surface area contributed by atoms with Crippen molar-refractivity contribution in [3.05, 3.63) is 124 Å². The highest BCUT2D eigenvalue weighted by Crippen LogP contribution is 2.56. The molecule has 0 unspecified atom stereocenters. The fourth-order valence-electron chi connectivity index (χ4n) is 6.60. The number of hydrogen-bond donors (Lipinski definition) is 5. The first-order valence-corrected chi connectivity index (χ1v) is 14.5. The topological polar surface area (TPSA) is 174 Å². The molecule has 1 atom stereocenters. The van der Waals surface area contributed by atoms with Crippen LogP contribution in [0.25, 0.3) is 28.4 Å². The molecule has 0 amide bonds. The summed E-state index contributed by atoms with van der Waals surface area (Å²) in [5.41, 5.74) is -5.62. The third-order valence-electron chi connectivity index (χ3n) is 8.71. The number of allylic oxidation sites excluding steroid dienone is 3. The lowest BCUT2D eigenvalue weighted by Gasteiger charge is -2.27. The van der Waals surface area contributed by atoms with E-state index in [4.69, 9.17) is 0 Å². The maximum Gasteiger partial charge on any atom is 0.260 e. The van der Waals surface area contributed by atoms with Crippen molar-refractivity contribution in [1.29, 1.82) is 0 Å². The largest absolute Gasteiger partial charge is 0.510 e. The number of aliphatic hydroxyl groups excluding tert-OH is 2. The number of hydrogen-bond acceptors (Lipinski definition) is 9. The van der Waals surface area contributed by atoms with Crippen LogP contribution in [0.5, 0.6) is 5.75 Å². The van der Waals surface area contributed by atoms with E-state index in [9.17, 15) is 39.3 Å². The second kappa shape index (κ2) is 9.11. The highest BCUT2D eigenvalue weighted by molar-refractivity contribution is 9.10. The van der Waals surface area contributed by atoms with Crippen LogP contribution in [0.4, 0.5) is 5.69 Å². The second-order valence-corrected chi connectivity index (χ2v) is 12.0. The van der Waals surface area contributed by atoms with E-state index in [0.29, 0.717) is 21.1 Å². The first kappa shape index (κ1) is 27.1. The zero-order chi connectivity index (χ0) is 30.5. The number of rotatable bonds is 4. The van der Waals surface area contributed by atoms with Crippen molar-refractivity contribution < 1.29 is 15.3 Å². The van der Waals surface area contributed by atoms with Crippen LogP contribution < -0.4 is 43.0 Å². The molecule has 1 aromatic heterocycles. The van der Waals surface area contributed by atoms with Gasteiger partial charge in [0.2, 0.25) is 16.3 Å². The molecule has 0 aliphatic heterocycles. The molecule has 10 nitrogen and oxygen atoms in total. The fourth-order valence-corrected chi connectivity index (χ4v) is 7.31. The summed E-state index contributed by atoms with van der Waals surface area (Å²) in [7, 11) is 0. The quantitative estimate of drug-likeness (QED) is 0.206. The van der Waals surface area contributed by atoms with Crippen molar-refractivity contribution in [2.75, 3.05) is 5.32 Å². The van der Waals surface area contributed by atoms with E-state index >= 15 is 0 Å². The molecule has 1 saturated carbocycles. The number of aromatic amines is 1. The van der Waals surface area contributed by atoms with Crippen LogP contribution in [-0.4, -0.2) is 26.3 Å². The molecule has 1 fully saturated rings. The van der Waals surface area contributed by atoms with Gasteiger partial charge in [0, 0.05) is 33.2 Å². The number of phenols is 1. The summed E-state index contributed by atoms with van der Waals surface area (Å²) in [5.74, 6) is -1.98. The van der Waals surface area contributed by atoms with Crippen molar-refractivity contribution in [2.45, 2.75) is 44.1 Å². The van der Waals surface area contributed by atoms with E-state index in [1.54, 1.807) is 24.3 Å². The Morgan fingerprint density at radius 2 is 1.60 bits per heavy atom. The average Bonchev–Trinajstić information content (AvgIpc) is 3.64. The van der Waals surface area contributed by atoms with Crippen LogP contribution >= 0.6 is 15.9 Å². The third kappa shape index (κ3) is 3.48. The van der Waals surface area contributed by atoms with Gasteiger partial charge in [-0.3, -0.25) is 24.0 Å². The average molecular weight is 643 g/mol. The normalized spacial score (nSPS) is 19.5. The van der Waals surface area contributed by atoms with E-state index in [2.05, 4.69) is 26.2 Å². The lowest BCUT2D eigenvalue weighted by atomic mass is 9.78. The maximum atomic E-state index is 13.8. The van der Waals surface area contributed by atoms with Crippen LogP contribution in [-0.2, 0) is 11.8 Å². The molecule has 0 saturated heterocycles. The van der Waals surface area contributed by atoms with Gasteiger partial charge >= 0.3 is 0 Å². The number of benzene rings is 1. The minimum Gasteiger partial charge on any atom is -0.510 e. The number of halogens is 1. The summed E-state index contributed by atoms with van der Waals surface area (Å²) in [6, 6.07) is 2.63. The molecule has 1 spiro atoms. The summed E-state index contributed by atoms with van der Waals surface area (Å²) in [6.07, 6.45) is 8.70. The molecular formula is C32H23BrN2O8. The summed E-state index contributed by atoms with van der Waals surface area (Å²) in [6.45, 7) is 1.85. The lowest BCUT2D eigenvalue weighted by molar-refractivity contribution is 0.362. The molecule has 2 aromatic rings. The Labute approximate surface area is 248 Å². The standard InChI is InChI=1S/C32H23BrN2O8/c1-2-3-4-5-13-10-15-18(31(43)35-13)28(40)23-14(24(15)33)8-9-32(23)29(41)21-22(30(32)42)27(39)20-19(26(21)38)17(36)11-16(25(20)37)34-12-6-7-12/h2-5,10-12,34,40-42H,6-9H2,1H3,(H,35,43)/b3-2+,5-4+/t32-/m0/s1. The van der Waals surface area contributed by atoms with Crippen molar-refractivity contribution in [1.82, 2.24) is 4.98 Å². The number of H-pyrrole nitrogens is 1. The summed E-state index contributed by atoms with van der Waals surface area (Å²) in [5, 5.41) is 35.6. The van der Waals surface area contributed by atoms with Gasteiger partial charge in [-0.05, 0) is 66.2 Å². The number of pyridine rings is 1. The molecule has 216 valence electrons. The van der Waals surface area contributed by atoms with Gasteiger partial charge in [-0.2, -0.15) is 0 Å². The van der Waals surface area contributed by atoms with Gasteiger partial charge < -0.3 is 25.6 Å². The van der Waals surface area contributed by atoms with Crippen LogP contribution in [0, 0.1) is 10.4 Å². The van der Waals surface area contributed by atoms with E-state index in [-0.39, 0.29) is 35.5 Å². The third-order valence-corrected chi connectivity index (χ3v) is 9.61. The Bertz CT molecular complexity index is 2500. The highest BCUT2D eigenvalue weighted by atomic mass is 79.9. The second-order valence-electron chi connectivity index (χ2n) is 11.2. The van der Waals surface area contributed by atoms with Gasteiger partial charge in [0.05, 0.1) is 31.9 Å². The first-order valence-electron chi connectivity index (χ1n) is 13.7. The lowest BCUT2D eigenvalue weighted by Crippen LogP contribution is -2.52. The van der Waals surface area contributed by atoms with E-state index < -0.39 is 70.8 Å². The van der Waals surface area contributed by atoms with E-state index in [1.807, 2.05) is 13.0 Å². The van der Waals surface area contributed by atoms with Gasteiger partial charge in [-0.15, -0.1) is 0 Å². The highest BCUT2D eigenvalue weighted by Gasteiger charge is 2.53. The van der Waals surface area contributed by atoms with Crippen molar-refractivity contribution in [3.8, 4) is 5.75 Å². The number of nitrogens with one attached hydrogen (secondary N) is 2. The number of aromatic nitrogens is 1. The predicted molar refractivity (Wildman–Crippen MR) is 165 cm³/mol. The van der Waals surface area contributed by atoms with Crippen molar-refractivity contribution in [3.63, 3.8) is 0 Å². The summed E-state index contributed by atoms with van der Waals surface area (Å²) in [4.78, 5) is 69.8. The molecular weight excluding hydrogens is 620 g/mol. The maximum absolute atomic E-state index is 13.8. The van der Waals surface area contributed by atoms with E-state index in [0.717, 1.165) is 18.9 Å². The smallest absolute Gasteiger partial charge is 0.260 e. The molecule has 0 bridgehead atoms. The zero-order valence-corrected chi connectivity index (χ0v) is 24.2. The molecule has 5 N–H and O–H groups in total. The van der Waals surface area contributed by atoms with Crippen molar-refractivity contribution >= 4 is 50.0 Å². The Morgan fingerprint density at radius 1 is 0.930 bits per heavy atom.